The van der Waals surface area contributed by atoms with Gasteiger partial charge < -0.3 is 19.4 Å². The second-order valence-electron chi connectivity index (χ2n) is 5.04. The maximum absolute atomic E-state index is 12.2. The predicted molar refractivity (Wildman–Crippen MR) is 72.1 cm³/mol. The van der Waals surface area contributed by atoms with E-state index < -0.39 is 0 Å². The maximum atomic E-state index is 12.2. The summed E-state index contributed by atoms with van der Waals surface area (Å²) in [5, 5.41) is 11.1. The summed E-state index contributed by atoms with van der Waals surface area (Å²) in [5.41, 5.74) is 0.542. The lowest BCUT2D eigenvalue weighted by atomic mass is 10.2. The third-order valence-electron chi connectivity index (χ3n) is 3.73. The van der Waals surface area contributed by atoms with Gasteiger partial charge in [-0.3, -0.25) is 4.79 Å². The molecular weight excluding hydrogens is 272 g/mol. The zero-order valence-corrected chi connectivity index (χ0v) is 11.3. The lowest BCUT2D eigenvalue weighted by molar-refractivity contribution is 0.0949. The fraction of sp³-hybridized carbons (Fsp3) is 0.357. The molecule has 0 saturated heterocycles. The molecule has 2 aliphatic rings. The van der Waals surface area contributed by atoms with Crippen molar-refractivity contribution < 1.29 is 14.3 Å². The van der Waals surface area contributed by atoms with Crippen molar-refractivity contribution in [2.45, 2.75) is 25.9 Å². The summed E-state index contributed by atoms with van der Waals surface area (Å²) in [5.74, 6) is 2.91. The van der Waals surface area contributed by atoms with E-state index in [4.69, 9.17) is 9.47 Å². The number of nitrogens with one attached hydrogen (secondary N) is 1. The Morgan fingerprint density at radius 1 is 1.29 bits per heavy atom. The second-order valence-corrected chi connectivity index (χ2v) is 5.04. The number of carbonyl (C=O) groups excluding carboxylic acids is 1. The molecule has 108 valence electrons. The van der Waals surface area contributed by atoms with Gasteiger partial charge in [0, 0.05) is 18.5 Å². The molecule has 0 bridgehead atoms. The van der Waals surface area contributed by atoms with Crippen molar-refractivity contribution in [3.8, 4) is 11.5 Å². The van der Waals surface area contributed by atoms with E-state index in [9.17, 15) is 4.79 Å². The first-order valence-corrected chi connectivity index (χ1v) is 6.90. The average molecular weight is 286 g/mol. The molecule has 0 radical (unpaired) electrons. The summed E-state index contributed by atoms with van der Waals surface area (Å²) in [6, 6.07) is 5.15. The molecule has 2 aromatic rings. The number of hydrogen-bond donors (Lipinski definition) is 1. The van der Waals surface area contributed by atoms with E-state index in [0.29, 0.717) is 23.6 Å². The number of hydrogen-bond acceptors (Lipinski definition) is 5. The third-order valence-corrected chi connectivity index (χ3v) is 3.73. The number of carbonyl (C=O) groups is 1. The van der Waals surface area contributed by atoms with Crippen LogP contribution in [0, 0.1) is 0 Å². The minimum absolute atomic E-state index is 0.163. The highest BCUT2D eigenvalue weighted by molar-refractivity contribution is 5.94. The summed E-state index contributed by atoms with van der Waals surface area (Å²) in [6.07, 6.45) is 2.05. The van der Waals surface area contributed by atoms with Crippen molar-refractivity contribution in [1.29, 1.82) is 0 Å². The maximum Gasteiger partial charge on any atom is 0.251 e. The minimum Gasteiger partial charge on any atom is -0.454 e. The van der Waals surface area contributed by atoms with Crippen LogP contribution in [0.15, 0.2) is 18.2 Å². The first-order chi connectivity index (χ1) is 10.3. The van der Waals surface area contributed by atoms with Crippen molar-refractivity contribution in [2.24, 2.45) is 0 Å². The molecular formula is C14H14N4O3. The van der Waals surface area contributed by atoms with Crippen molar-refractivity contribution >= 4 is 5.91 Å². The van der Waals surface area contributed by atoms with Gasteiger partial charge in [0.1, 0.15) is 5.82 Å². The van der Waals surface area contributed by atoms with Crippen LogP contribution in [-0.4, -0.2) is 27.5 Å². The van der Waals surface area contributed by atoms with Crippen LogP contribution in [0.4, 0.5) is 0 Å². The smallest absolute Gasteiger partial charge is 0.251 e. The molecule has 0 atom stereocenters. The quantitative estimate of drug-likeness (QED) is 0.906. The molecule has 4 rings (SSSR count). The lowest BCUT2D eigenvalue weighted by Gasteiger charge is -2.06. The molecule has 0 aliphatic carbocycles. The van der Waals surface area contributed by atoms with Crippen molar-refractivity contribution in [1.82, 2.24) is 20.1 Å². The predicted octanol–water partition coefficient (Wildman–Crippen LogP) is 0.883. The highest BCUT2D eigenvalue weighted by atomic mass is 16.7. The van der Waals surface area contributed by atoms with E-state index >= 15 is 0 Å². The molecule has 0 spiro atoms. The molecule has 0 saturated carbocycles. The van der Waals surface area contributed by atoms with E-state index in [2.05, 4.69) is 20.1 Å². The number of nitrogens with zero attached hydrogens (tertiary/aromatic N) is 3. The molecule has 7 nitrogen and oxygen atoms in total. The minimum atomic E-state index is -0.163. The molecule has 1 amide bonds. The largest absolute Gasteiger partial charge is 0.454 e. The monoisotopic (exact) mass is 286 g/mol. The first-order valence-electron chi connectivity index (χ1n) is 6.90. The van der Waals surface area contributed by atoms with Crippen LogP contribution in [0.3, 0.4) is 0 Å². The Labute approximate surface area is 120 Å². The van der Waals surface area contributed by atoms with Gasteiger partial charge in [0.25, 0.3) is 5.91 Å². The molecule has 21 heavy (non-hydrogen) atoms. The van der Waals surface area contributed by atoms with Crippen LogP contribution in [0.1, 0.15) is 28.4 Å². The second kappa shape index (κ2) is 4.76. The van der Waals surface area contributed by atoms with Crippen LogP contribution in [0.25, 0.3) is 0 Å². The Hall–Kier alpha value is -2.57. The van der Waals surface area contributed by atoms with Gasteiger partial charge in [0.15, 0.2) is 17.3 Å². The normalized spacial score (nSPS) is 15.0. The van der Waals surface area contributed by atoms with Gasteiger partial charge in [0.2, 0.25) is 6.79 Å². The number of benzene rings is 1. The molecule has 3 heterocycles. The molecule has 1 aromatic heterocycles. The lowest BCUT2D eigenvalue weighted by Crippen LogP contribution is -2.24. The van der Waals surface area contributed by atoms with E-state index in [0.717, 1.165) is 31.0 Å². The molecule has 0 unspecified atom stereocenters. The van der Waals surface area contributed by atoms with Gasteiger partial charge in [-0.15, -0.1) is 10.2 Å². The molecule has 0 fully saturated rings. The summed E-state index contributed by atoms with van der Waals surface area (Å²) in [6.45, 7) is 1.50. The zero-order valence-electron chi connectivity index (χ0n) is 11.3. The standard InChI is InChI=1S/C14H14N4O3/c19-14(9-3-4-10-11(6-9)21-8-20-10)15-7-13-17-16-12-2-1-5-18(12)13/h3-4,6H,1-2,5,7-8H2,(H,15,19). The number of rotatable bonds is 3. The Morgan fingerprint density at radius 2 is 2.19 bits per heavy atom. The zero-order chi connectivity index (χ0) is 14.2. The van der Waals surface area contributed by atoms with E-state index in [-0.39, 0.29) is 12.7 Å². The fourth-order valence-corrected chi connectivity index (χ4v) is 2.64. The summed E-state index contributed by atoms with van der Waals surface area (Å²) in [4.78, 5) is 12.2. The molecule has 1 N–H and O–H groups in total. The van der Waals surface area contributed by atoms with Crippen LogP contribution < -0.4 is 14.8 Å². The Balaban J connectivity index is 1.46. The number of amides is 1. The topological polar surface area (TPSA) is 78.3 Å². The first kappa shape index (κ1) is 12.2. The molecule has 1 aromatic carbocycles. The third kappa shape index (κ3) is 2.10. The van der Waals surface area contributed by atoms with E-state index in [1.165, 1.54) is 0 Å². The van der Waals surface area contributed by atoms with Crippen molar-refractivity contribution in [3.05, 3.63) is 35.4 Å². The fourth-order valence-electron chi connectivity index (χ4n) is 2.64. The Morgan fingerprint density at radius 3 is 3.14 bits per heavy atom. The van der Waals surface area contributed by atoms with Crippen LogP contribution in [0.5, 0.6) is 11.5 Å². The van der Waals surface area contributed by atoms with Gasteiger partial charge in [0.05, 0.1) is 6.54 Å². The van der Waals surface area contributed by atoms with Crippen molar-refractivity contribution in [2.75, 3.05) is 6.79 Å². The Bertz CT molecular complexity index is 710. The van der Waals surface area contributed by atoms with Gasteiger partial charge in [-0.1, -0.05) is 0 Å². The van der Waals surface area contributed by atoms with Gasteiger partial charge in [-0.25, -0.2) is 0 Å². The molecule has 7 heteroatoms. The van der Waals surface area contributed by atoms with Crippen LogP contribution in [-0.2, 0) is 19.5 Å². The van der Waals surface area contributed by atoms with Gasteiger partial charge >= 0.3 is 0 Å². The van der Waals surface area contributed by atoms with E-state index in [1.807, 2.05) is 0 Å². The highest BCUT2D eigenvalue weighted by Crippen LogP contribution is 2.32. The van der Waals surface area contributed by atoms with Crippen molar-refractivity contribution in [3.63, 3.8) is 0 Å². The number of ether oxygens (including phenoxy) is 2. The average Bonchev–Trinajstić information content (AvgIpc) is 3.20. The molecule has 2 aliphatic heterocycles. The Kier molecular flexibility index (Phi) is 2.77. The highest BCUT2D eigenvalue weighted by Gasteiger charge is 2.19. The summed E-state index contributed by atoms with van der Waals surface area (Å²) < 4.78 is 12.6. The van der Waals surface area contributed by atoms with Gasteiger partial charge in [-0.05, 0) is 24.6 Å². The SMILES string of the molecule is O=C(NCc1nnc2n1CCC2)c1ccc2c(c1)OCO2. The number of aromatic nitrogens is 3. The van der Waals surface area contributed by atoms with Crippen LogP contribution in [0.2, 0.25) is 0 Å². The van der Waals surface area contributed by atoms with Crippen LogP contribution >= 0.6 is 0 Å². The van der Waals surface area contributed by atoms with Gasteiger partial charge in [-0.2, -0.15) is 0 Å². The van der Waals surface area contributed by atoms with E-state index in [1.54, 1.807) is 18.2 Å². The number of aryl methyl sites for hydroxylation is 1. The number of fused-ring (bicyclic) bond motifs is 2. The summed E-state index contributed by atoms with van der Waals surface area (Å²) in [7, 11) is 0. The summed E-state index contributed by atoms with van der Waals surface area (Å²) >= 11 is 0.